The van der Waals surface area contributed by atoms with E-state index in [-0.39, 0.29) is 18.7 Å². The fraction of sp³-hybridized carbons (Fsp3) is 0.538. The molecule has 1 rings (SSSR count). The van der Waals surface area contributed by atoms with Crippen molar-refractivity contribution in [2.75, 3.05) is 19.7 Å². The van der Waals surface area contributed by atoms with Crippen molar-refractivity contribution < 1.29 is 32.2 Å². The number of benzene rings is 1. The summed E-state index contributed by atoms with van der Waals surface area (Å²) in [6.45, 7) is -1.45. The van der Waals surface area contributed by atoms with E-state index in [0.717, 1.165) is 12.1 Å². The fourth-order valence-corrected chi connectivity index (χ4v) is 1.84. The van der Waals surface area contributed by atoms with Gasteiger partial charge >= 0.3 is 6.18 Å². The minimum absolute atomic E-state index is 0.153. The molecule has 0 saturated carbocycles. The highest BCUT2D eigenvalue weighted by atomic mass is 19.4. The molecular formula is C13H16F5NO2. The predicted octanol–water partition coefficient (Wildman–Crippen LogP) is 2.07. The maximum Gasteiger partial charge on any atom is 0.390 e. The average Bonchev–Trinajstić information content (AvgIpc) is 2.33. The van der Waals surface area contributed by atoms with E-state index in [0.29, 0.717) is 6.07 Å². The minimum Gasteiger partial charge on any atom is -0.394 e. The van der Waals surface area contributed by atoms with Gasteiger partial charge in [-0.05, 0) is 17.7 Å². The largest absolute Gasteiger partial charge is 0.394 e. The summed E-state index contributed by atoms with van der Waals surface area (Å²) in [5, 5.41) is 18.1. The topological polar surface area (TPSA) is 43.7 Å². The zero-order valence-corrected chi connectivity index (χ0v) is 11.1. The summed E-state index contributed by atoms with van der Waals surface area (Å²) in [7, 11) is 0. The Labute approximate surface area is 118 Å². The van der Waals surface area contributed by atoms with Gasteiger partial charge in [-0.1, -0.05) is 0 Å². The number of hydrogen-bond acceptors (Lipinski definition) is 3. The second-order valence-corrected chi connectivity index (χ2v) is 4.71. The molecule has 2 N–H and O–H groups in total. The Hall–Kier alpha value is -1.25. The van der Waals surface area contributed by atoms with Crippen molar-refractivity contribution >= 4 is 0 Å². The van der Waals surface area contributed by atoms with Gasteiger partial charge in [-0.2, -0.15) is 13.2 Å². The minimum atomic E-state index is -4.38. The summed E-state index contributed by atoms with van der Waals surface area (Å²) in [6, 6.07) is 2.68. The Morgan fingerprint density at radius 2 is 1.67 bits per heavy atom. The molecule has 1 atom stereocenters. The molecule has 1 aromatic carbocycles. The molecule has 0 radical (unpaired) electrons. The van der Waals surface area contributed by atoms with E-state index in [2.05, 4.69) is 0 Å². The lowest BCUT2D eigenvalue weighted by atomic mass is 10.2. The molecule has 0 aliphatic heterocycles. The molecular weight excluding hydrogens is 297 g/mol. The van der Waals surface area contributed by atoms with Crippen LogP contribution in [0.3, 0.4) is 0 Å². The first kappa shape index (κ1) is 17.8. The third kappa shape index (κ3) is 7.35. The molecule has 21 heavy (non-hydrogen) atoms. The second kappa shape index (κ2) is 7.67. The number of alkyl halides is 3. The lowest BCUT2D eigenvalue weighted by Crippen LogP contribution is -2.36. The smallest absolute Gasteiger partial charge is 0.390 e. The van der Waals surface area contributed by atoms with Crippen LogP contribution in [-0.4, -0.2) is 47.1 Å². The Balaban J connectivity index is 2.75. The predicted molar refractivity (Wildman–Crippen MR) is 65.4 cm³/mol. The number of nitrogens with zero attached hydrogens (tertiary/aromatic N) is 1. The molecule has 0 heterocycles. The summed E-state index contributed by atoms with van der Waals surface area (Å²) in [5.41, 5.74) is 0.153. The van der Waals surface area contributed by atoms with Gasteiger partial charge in [-0.3, -0.25) is 4.90 Å². The van der Waals surface area contributed by atoms with Crippen LogP contribution < -0.4 is 0 Å². The fourth-order valence-electron chi connectivity index (χ4n) is 1.84. The Morgan fingerprint density at radius 3 is 2.14 bits per heavy atom. The summed E-state index contributed by atoms with van der Waals surface area (Å²) >= 11 is 0. The highest BCUT2D eigenvalue weighted by molar-refractivity contribution is 5.17. The third-order valence-electron chi connectivity index (χ3n) is 2.72. The van der Waals surface area contributed by atoms with Crippen molar-refractivity contribution in [3.8, 4) is 0 Å². The molecule has 0 unspecified atom stereocenters. The number of aliphatic hydroxyl groups excluding tert-OH is 2. The third-order valence-corrected chi connectivity index (χ3v) is 2.72. The molecule has 0 bridgehead atoms. The summed E-state index contributed by atoms with van der Waals surface area (Å²) in [4.78, 5) is 1.18. The van der Waals surface area contributed by atoms with Crippen molar-refractivity contribution in [2.24, 2.45) is 0 Å². The molecule has 0 saturated heterocycles. The lowest BCUT2D eigenvalue weighted by Gasteiger charge is -2.25. The highest BCUT2D eigenvalue weighted by Crippen LogP contribution is 2.21. The van der Waals surface area contributed by atoms with Crippen LogP contribution >= 0.6 is 0 Å². The molecule has 8 heteroatoms. The zero-order chi connectivity index (χ0) is 16.0. The molecule has 1 aromatic rings. The van der Waals surface area contributed by atoms with Gasteiger partial charge in [-0.25, -0.2) is 8.78 Å². The lowest BCUT2D eigenvalue weighted by molar-refractivity contribution is -0.139. The maximum absolute atomic E-state index is 13.1. The van der Waals surface area contributed by atoms with Crippen LogP contribution in [0, 0.1) is 11.6 Å². The number of halogens is 5. The molecule has 0 aromatic heterocycles. The average molecular weight is 313 g/mol. The van der Waals surface area contributed by atoms with Gasteiger partial charge in [-0.15, -0.1) is 0 Å². The summed E-state index contributed by atoms with van der Waals surface area (Å²) in [6.07, 6.45) is -6.73. The second-order valence-electron chi connectivity index (χ2n) is 4.71. The highest BCUT2D eigenvalue weighted by Gasteiger charge is 2.28. The summed E-state index contributed by atoms with van der Waals surface area (Å²) < 4.78 is 62.8. The van der Waals surface area contributed by atoms with E-state index in [1.165, 1.54) is 4.90 Å². The van der Waals surface area contributed by atoms with Crippen LogP contribution in [0.1, 0.15) is 12.0 Å². The van der Waals surface area contributed by atoms with E-state index >= 15 is 0 Å². The first-order valence-electron chi connectivity index (χ1n) is 6.22. The number of rotatable bonds is 7. The Morgan fingerprint density at radius 1 is 1.10 bits per heavy atom. The number of hydrogen-bond donors (Lipinski definition) is 2. The molecule has 0 aliphatic rings. The maximum atomic E-state index is 13.1. The van der Waals surface area contributed by atoms with Gasteiger partial charge in [0.1, 0.15) is 11.6 Å². The van der Waals surface area contributed by atoms with Gasteiger partial charge in [0.25, 0.3) is 0 Å². The van der Waals surface area contributed by atoms with Gasteiger partial charge in [0.15, 0.2) is 0 Å². The van der Waals surface area contributed by atoms with Crippen LogP contribution in [0.5, 0.6) is 0 Å². The monoisotopic (exact) mass is 313 g/mol. The summed E-state index contributed by atoms with van der Waals surface area (Å²) in [5.74, 6) is -1.66. The Bertz CT molecular complexity index is 432. The van der Waals surface area contributed by atoms with Crippen LogP contribution in [0.15, 0.2) is 18.2 Å². The molecule has 0 amide bonds. The first-order valence-corrected chi connectivity index (χ1v) is 6.22. The van der Waals surface area contributed by atoms with Gasteiger partial charge in [0.05, 0.1) is 19.1 Å². The molecule has 120 valence electrons. The van der Waals surface area contributed by atoms with E-state index in [4.69, 9.17) is 5.11 Å². The SMILES string of the molecule is OC[C@@H](O)CN(CCC(F)(F)F)Cc1cc(F)cc(F)c1. The van der Waals surface area contributed by atoms with E-state index in [1.807, 2.05) is 0 Å². The van der Waals surface area contributed by atoms with Crippen LogP contribution in [0.4, 0.5) is 22.0 Å². The zero-order valence-electron chi connectivity index (χ0n) is 11.1. The van der Waals surface area contributed by atoms with E-state index in [1.54, 1.807) is 0 Å². The molecule has 3 nitrogen and oxygen atoms in total. The Kier molecular flexibility index (Phi) is 6.50. The van der Waals surface area contributed by atoms with Crippen molar-refractivity contribution in [3.63, 3.8) is 0 Å². The molecule has 0 spiro atoms. The van der Waals surface area contributed by atoms with Crippen molar-refractivity contribution in [2.45, 2.75) is 25.2 Å². The first-order chi connectivity index (χ1) is 9.69. The van der Waals surface area contributed by atoms with Crippen molar-refractivity contribution in [1.29, 1.82) is 0 Å². The quantitative estimate of drug-likeness (QED) is 0.758. The molecule has 0 aliphatic carbocycles. The van der Waals surface area contributed by atoms with Crippen LogP contribution in [0.25, 0.3) is 0 Å². The normalized spacial score (nSPS) is 13.7. The van der Waals surface area contributed by atoms with Gasteiger partial charge in [0, 0.05) is 25.7 Å². The van der Waals surface area contributed by atoms with Gasteiger partial charge in [0.2, 0.25) is 0 Å². The standard InChI is InChI=1S/C13H16F5NO2/c14-10-3-9(4-11(15)5-10)6-19(7-12(21)8-20)2-1-13(16,17)18/h3-5,12,20-21H,1-2,6-8H2/t12-/m0/s1. The van der Waals surface area contributed by atoms with Crippen molar-refractivity contribution in [1.82, 2.24) is 4.90 Å². The van der Waals surface area contributed by atoms with E-state index in [9.17, 15) is 27.1 Å². The van der Waals surface area contributed by atoms with E-state index < -0.39 is 43.5 Å². The van der Waals surface area contributed by atoms with Crippen LogP contribution in [-0.2, 0) is 6.54 Å². The van der Waals surface area contributed by atoms with Crippen molar-refractivity contribution in [3.05, 3.63) is 35.4 Å². The molecule has 0 fully saturated rings. The number of aliphatic hydroxyl groups is 2. The van der Waals surface area contributed by atoms with Crippen LogP contribution in [0.2, 0.25) is 0 Å². The van der Waals surface area contributed by atoms with Gasteiger partial charge < -0.3 is 10.2 Å².